The Morgan fingerprint density at radius 3 is 2.53 bits per heavy atom. The summed E-state index contributed by atoms with van der Waals surface area (Å²) in [4.78, 5) is 21.5. The van der Waals surface area contributed by atoms with Gasteiger partial charge in [-0.25, -0.2) is 0 Å². The Morgan fingerprint density at radius 2 is 2.11 bits per heavy atom. The summed E-state index contributed by atoms with van der Waals surface area (Å²) in [5, 5.41) is 20.0. The van der Waals surface area contributed by atoms with Gasteiger partial charge in [-0.05, 0) is 31.9 Å². The zero-order valence-corrected chi connectivity index (χ0v) is 11.1. The zero-order valence-electron chi connectivity index (χ0n) is 11.1. The van der Waals surface area contributed by atoms with Crippen molar-refractivity contribution < 1.29 is 19.6 Å². The monoisotopic (exact) mass is 267 g/mol. The molecule has 0 amide bonds. The van der Waals surface area contributed by atoms with E-state index in [-0.39, 0.29) is 17.5 Å². The van der Waals surface area contributed by atoms with Gasteiger partial charge in [0.05, 0.1) is 16.9 Å². The van der Waals surface area contributed by atoms with Crippen LogP contribution in [-0.2, 0) is 4.79 Å². The van der Waals surface area contributed by atoms with E-state index in [1.165, 1.54) is 18.2 Å². The van der Waals surface area contributed by atoms with E-state index in [0.717, 1.165) is 0 Å². The van der Waals surface area contributed by atoms with Crippen molar-refractivity contribution in [1.29, 1.82) is 0 Å². The molecule has 0 aliphatic carbocycles. The van der Waals surface area contributed by atoms with Crippen LogP contribution in [0.2, 0.25) is 0 Å². The molecule has 19 heavy (non-hydrogen) atoms. The standard InChI is InChI=1S/C13H17NO5/c1-4-10(13(15)16)9-5-6-11(14(17)18)12(7-9)19-8(2)3/h5-8,10H,4H2,1-3H3,(H,15,16). The highest BCUT2D eigenvalue weighted by Gasteiger charge is 2.23. The number of hydrogen-bond acceptors (Lipinski definition) is 4. The first-order valence-electron chi connectivity index (χ1n) is 6.04. The number of ether oxygens (including phenoxy) is 1. The van der Waals surface area contributed by atoms with E-state index in [2.05, 4.69) is 0 Å². The van der Waals surface area contributed by atoms with Gasteiger partial charge >= 0.3 is 11.7 Å². The molecule has 0 fully saturated rings. The number of aliphatic carboxylic acids is 1. The Hall–Kier alpha value is -2.11. The molecule has 1 N–H and O–H groups in total. The van der Waals surface area contributed by atoms with Crippen LogP contribution in [0.4, 0.5) is 5.69 Å². The lowest BCUT2D eigenvalue weighted by atomic mass is 9.96. The number of nitro groups is 1. The molecule has 0 radical (unpaired) electrons. The van der Waals surface area contributed by atoms with E-state index in [4.69, 9.17) is 9.84 Å². The molecule has 1 atom stereocenters. The van der Waals surface area contributed by atoms with Gasteiger partial charge in [-0.1, -0.05) is 13.0 Å². The number of nitro benzene ring substituents is 1. The highest BCUT2D eigenvalue weighted by molar-refractivity contribution is 5.76. The number of carboxylic acid groups (broad SMARTS) is 1. The molecular weight excluding hydrogens is 250 g/mol. The minimum absolute atomic E-state index is 0.109. The quantitative estimate of drug-likeness (QED) is 0.632. The zero-order chi connectivity index (χ0) is 14.6. The third-order valence-electron chi connectivity index (χ3n) is 2.65. The van der Waals surface area contributed by atoms with Gasteiger partial charge in [-0.15, -0.1) is 0 Å². The van der Waals surface area contributed by atoms with Crippen LogP contribution in [0, 0.1) is 10.1 Å². The molecule has 1 aromatic carbocycles. The molecule has 0 saturated heterocycles. The van der Waals surface area contributed by atoms with Crippen LogP contribution in [0.1, 0.15) is 38.7 Å². The molecule has 6 nitrogen and oxygen atoms in total. The summed E-state index contributed by atoms with van der Waals surface area (Å²) in [5.74, 6) is -1.53. The summed E-state index contributed by atoms with van der Waals surface area (Å²) in [6, 6.07) is 4.20. The summed E-state index contributed by atoms with van der Waals surface area (Å²) in [5.41, 5.74) is 0.356. The Balaban J connectivity index is 3.24. The first-order valence-corrected chi connectivity index (χ1v) is 6.04. The van der Waals surface area contributed by atoms with Gasteiger partial charge in [0.2, 0.25) is 0 Å². The van der Waals surface area contributed by atoms with Crippen LogP contribution in [-0.4, -0.2) is 22.1 Å². The van der Waals surface area contributed by atoms with Crippen LogP contribution >= 0.6 is 0 Å². The number of carbonyl (C=O) groups is 1. The van der Waals surface area contributed by atoms with Crippen LogP contribution in [0.25, 0.3) is 0 Å². The second-order valence-electron chi connectivity index (χ2n) is 4.45. The normalized spacial score (nSPS) is 12.2. The molecule has 1 rings (SSSR count). The first kappa shape index (κ1) is 14.9. The van der Waals surface area contributed by atoms with Crippen LogP contribution in [0.15, 0.2) is 18.2 Å². The van der Waals surface area contributed by atoms with Crippen molar-refractivity contribution in [3.63, 3.8) is 0 Å². The largest absolute Gasteiger partial charge is 0.484 e. The van der Waals surface area contributed by atoms with E-state index >= 15 is 0 Å². The highest BCUT2D eigenvalue weighted by atomic mass is 16.6. The maximum Gasteiger partial charge on any atom is 0.310 e. The third kappa shape index (κ3) is 3.67. The van der Waals surface area contributed by atoms with Crippen LogP contribution in [0.3, 0.4) is 0 Å². The van der Waals surface area contributed by atoms with Gasteiger partial charge in [-0.3, -0.25) is 14.9 Å². The Bertz CT molecular complexity index is 484. The van der Waals surface area contributed by atoms with Crippen molar-refractivity contribution in [3.8, 4) is 5.75 Å². The van der Waals surface area contributed by atoms with Crippen molar-refractivity contribution >= 4 is 11.7 Å². The van der Waals surface area contributed by atoms with Crippen molar-refractivity contribution in [2.45, 2.75) is 39.2 Å². The van der Waals surface area contributed by atoms with Gasteiger partial charge in [0, 0.05) is 6.07 Å². The number of benzene rings is 1. The fourth-order valence-corrected chi connectivity index (χ4v) is 1.80. The molecule has 1 unspecified atom stereocenters. The second kappa shape index (κ2) is 6.17. The van der Waals surface area contributed by atoms with E-state index < -0.39 is 16.8 Å². The Labute approximate surface area is 111 Å². The van der Waals surface area contributed by atoms with E-state index in [9.17, 15) is 14.9 Å². The molecule has 0 heterocycles. The van der Waals surface area contributed by atoms with Crippen molar-refractivity contribution in [2.75, 3.05) is 0 Å². The summed E-state index contributed by atoms with van der Waals surface area (Å²) < 4.78 is 5.39. The molecule has 0 aliphatic rings. The summed E-state index contributed by atoms with van der Waals surface area (Å²) >= 11 is 0. The van der Waals surface area contributed by atoms with Crippen LogP contribution < -0.4 is 4.74 Å². The molecule has 0 saturated carbocycles. The molecular formula is C13H17NO5. The Morgan fingerprint density at radius 1 is 1.47 bits per heavy atom. The van der Waals surface area contributed by atoms with Crippen LogP contribution in [0.5, 0.6) is 5.75 Å². The molecule has 1 aromatic rings. The van der Waals surface area contributed by atoms with Crippen molar-refractivity contribution in [3.05, 3.63) is 33.9 Å². The Kier molecular flexibility index (Phi) is 4.86. The third-order valence-corrected chi connectivity index (χ3v) is 2.65. The second-order valence-corrected chi connectivity index (χ2v) is 4.45. The molecule has 104 valence electrons. The SMILES string of the molecule is CCC(C(=O)O)c1ccc([N+](=O)[O-])c(OC(C)C)c1. The minimum Gasteiger partial charge on any atom is -0.484 e. The molecule has 6 heteroatoms. The lowest BCUT2D eigenvalue weighted by Gasteiger charge is -2.14. The predicted octanol–water partition coefficient (Wildman–Crippen LogP) is 2.96. The number of rotatable bonds is 6. The van der Waals surface area contributed by atoms with Gasteiger partial charge in [0.15, 0.2) is 5.75 Å². The molecule has 0 aliphatic heterocycles. The van der Waals surface area contributed by atoms with E-state index in [1.807, 2.05) is 0 Å². The molecule has 0 aromatic heterocycles. The van der Waals surface area contributed by atoms with Gasteiger partial charge < -0.3 is 9.84 Å². The fourth-order valence-electron chi connectivity index (χ4n) is 1.80. The maximum atomic E-state index is 11.1. The summed E-state index contributed by atoms with van der Waals surface area (Å²) in [7, 11) is 0. The van der Waals surface area contributed by atoms with E-state index in [1.54, 1.807) is 20.8 Å². The fraction of sp³-hybridized carbons (Fsp3) is 0.462. The lowest BCUT2D eigenvalue weighted by Crippen LogP contribution is -2.12. The van der Waals surface area contributed by atoms with Gasteiger partial charge in [0.25, 0.3) is 0 Å². The number of hydrogen-bond donors (Lipinski definition) is 1. The first-order chi connectivity index (χ1) is 8.86. The van der Waals surface area contributed by atoms with Gasteiger partial charge in [0.1, 0.15) is 0 Å². The smallest absolute Gasteiger partial charge is 0.310 e. The topological polar surface area (TPSA) is 89.7 Å². The van der Waals surface area contributed by atoms with Gasteiger partial charge in [-0.2, -0.15) is 0 Å². The lowest BCUT2D eigenvalue weighted by molar-refractivity contribution is -0.386. The summed E-state index contributed by atoms with van der Waals surface area (Å²) in [6.07, 6.45) is 0.188. The predicted molar refractivity (Wildman–Crippen MR) is 69.5 cm³/mol. The maximum absolute atomic E-state index is 11.1. The highest BCUT2D eigenvalue weighted by Crippen LogP contribution is 2.32. The average molecular weight is 267 g/mol. The van der Waals surface area contributed by atoms with E-state index in [0.29, 0.717) is 12.0 Å². The molecule has 0 spiro atoms. The van der Waals surface area contributed by atoms with Crippen molar-refractivity contribution in [2.24, 2.45) is 0 Å². The molecule has 0 bridgehead atoms. The number of carboxylic acids is 1. The average Bonchev–Trinajstić information content (AvgIpc) is 2.28. The number of nitrogens with zero attached hydrogens (tertiary/aromatic N) is 1. The van der Waals surface area contributed by atoms with Crippen molar-refractivity contribution in [1.82, 2.24) is 0 Å². The minimum atomic E-state index is -0.952. The summed E-state index contributed by atoms with van der Waals surface area (Å²) in [6.45, 7) is 5.26.